The molecule has 0 aromatic heterocycles. The molecule has 1 unspecified atom stereocenters. The van der Waals surface area contributed by atoms with Gasteiger partial charge >= 0.3 is 17.9 Å². The molecule has 0 N–H and O–H groups in total. The first-order chi connectivity index (χ1) is 34.5. The topological polar surface area (TPSA) is 78.9 Å². The SMILES string of the molecule is CCCCCCC/C=C\C/C=C\CCCCCCCCCCCCCCCCCC(=O)OCC(COC(=O)CCCCCCCC)OC(=O)CCCCCCCCCCC/C=C\CCCCCCCC. The van der Waals surface area contributed by atoms with Crippen LogP contribution in [-0.2, 0) is 28.6 Å². The zero-order valence-corrected chi connectivity index (χ0v) is 47.1. The molecule has 0 heterocycles. The van der Waals surface area contributed by atoms with Crippen molar-refractivity contribution < 1.29 is 28.6 Å². The summed E-state index contributed by atoms with van der Waals surface area (Å²) in [4.78, 5) is 37.9. The highest BCUT2D eigenvalue weighted by molar-refractivity contribution is 5.71. The summed E-state index contributed by atoms with van der Waals surface area (Å²) in [6, 6.07) is 0. The van der Waals surface area contributed by atoms with Crippen LogP contribution in [0.2, 0.25) is 0 Å². The van der Waals surface area contributed by atoms with Gasteiger partial charge in [0, 0.05) is 19.3 Å². The van der Waals surface area contributed by atoms with Crippen LogP contribution in [0.1, 0.15) is 335 Å². The first-order valence-electron chi connectivity index (χ1n) is 31.0. The Labute approximate surface area is 435 Å². The fourth-order valence-electron chi connectivity index (χ4n) is 9.18. The number of unbranched alkanes of at least 4 members (excludes halogenated alkanes) is 40. The highest BCUT2D eigenvalue weighted by Crippen LogP contribution is 2.17. The van der Waals surface area contributed by atoms with Gasteiger partial charge in [0.05, 0.1) is 0 Å². The van der Waals surface area contributed by atoms with E-state index in [0.717, 1.165) is 64.2 Å². The molecular weight excluding hydrogens is 865 g/mol. The maximum atomic E-state index is 12.8. The van der Waals surface area contributed by atoms with Gasteiger partial charge in [0.25, 0.3) is 0 Å². The largest absolute Gasteiger partial charge is 0.462 e. The number of hydrogen-bond acceptors (Lipinski definition) is 6. The third-order valence-corrected chi connectivity index (χ3v) is 13.9. The van der Waals surface area contributed by atoms with E-state index in [9.17, 15) is 14.4 Å². The number of ether oxygens (including phenoxy) is 3. The summed E-state index contributed by atoms with van der Waals surface area (Å²) < 4.78 is 16.8. The Balaban J connectivity index is 4.04. The third kappa shape index (κ3) is 56.5. The van der Waals surface area contributed by atoms with E-state index in [-0.39, 0.29) is 31.1 Å². The molecule has 0 fully saturated rings. The van der Waals surface area contributed by atoms with E-state index in [0.29, 0.717) is 19.3 Å². The lowest BCUT2D eigenvalue weighted by Crippen LogP contribution is -2.30. The molecule has 0 amide bonds. The van der Waals surface area contributed by atoms with Crippen LogP contribution in [0.3, 0.4) is 0 Å². The number of carbonyl (C=O) groups excluding carboxylic acids is 3. The monoisotopic (exact) mass is 983 g/mol. The predicted molar refractivity (Wildman–Crippen MR) is 302 cm³/mol. The normalized spacial score (nSPS) is 12.2. The van der Waals surface area contributed by atoms with Gasteiger partial charge in [-0.3, -0.25) is 14.4 Å². The van der Waals surface area contributed by atoms with Crippen molar-refractivity contribution in [1.82, 2.24) is 0 Å². The van der Waals surface area contributed by atoms with Crippen molar-refractivity contribution in [3.63, 3.8) is 0 Å². The Hall–Kier alpha value is -2.37. The van der Waals surface area contributed by atoms with Crippen molar-refractivity contribution in [3.8, 4) is 0 Å². The number of hydrogen-bond donors (Lipinski definition) is 0. The first kappa shape index (κ1) is 67.6. The van der Waals surface area contributed by atoms with Crippen molar-refractivity contribution in [2.75, 3.05) is 13.2 Å². The van der Waals surface area contributed by atoms with Gasteiger partial charge in [-0.25, -0.2) is 0 Å². The van der Waals surface area contributed by atoms with Crippen LogP contribution < -0.4 is 0 Å². The number of esters is 3. The maximum Gasteiger partial charge on any atom is 0.306 e. The second-order valence-electron chi connectivity index (χ2n) is 21.0. The maximum absolute atomic E-state index is 12.8. The summed E-state index contributed by atoms with van der Waals surface area (Å²) in [5.41, 5.74) is 0. The van der Waals surface area contributed by atoms with Crippen LogP contribution in [-0.4, -0.2) is 37.2 Å². The van der Waals surface area contributed by atoms with Gasteiger partial charge < -0.3 is 14.2 Å². The van der Waals surface area contributed by atoms with Gasteiger partial charge in [-0.15, -0.1) is 0 Å². The molecule has 6 heteroatoms. The van der Waals surface area contributed by atoms with Crippen molar-refractivity contribution >= 4 is 17.9 Å². The van der Waals surface area contributed by atoms with Gasteiger partial charge in [0.1, 0.15) is 13.2 Å². The van der Waals surface area contributed by atoms with Crippen molar-refractivity contribution in [3.05, 3.63) is 36.5 Å². The highest BCUT2D eigenvalue weighted by Gasteiger charge is 2.19. The van der Waals surface area contributed by atoms with E-state index < -0.39 is 6.10 Å². The predicted octanol–water partition coefficient (Wildman–Crippen LogP) is 20.8. The number of rotatable bonds is 57. The molecule has 0 bridgehead atoms. The molecule has 6 nitrogen and oxygen atoms in total. The molecule has 0 aliphatic carbocycles. The van der Waals surface area contributed by atoms with Gasteiger partial charge in [-0.05, 0) is 77.0 Å². The fourth-order valence-corrected chi connectivity index (χ4v) is 9.18. The van der Waals surface area contributed by atoms with Gasteiger partial charge in [0.2, 0.25) is 0 Å². The first-order valence-corrected chi connectivity index (χ1v) is 31.0. The zero-order chi connectivity index (χ0) is 50.7. The Morgan fingerprint density at radius 2 is 0.514 bits per heavy atom. The molecular formula is C64H118O6. The summed E-state index contributed by atoms with van der Waals surface area (Å²) in [6.45, 7) is 6.61. The van der Waals surface area contributed by atoms with Gasteiger partial charge in [0.15, 0.2) is 6.10 Å². The van der Waals surface area contributed by atoms with Crippen LogP contribution >= 0.6 is 0 Å². The minimum Gasteiger partial charge on any atom is -0.462 e. The van der Waals surface area contributed by atoms with E-state index in [2.05, 4.69) is 57.2 Å². The van der Waals surface area contributed by atoms with Crippen LogP contribution in [0.25, 0.3) is 0 Å². The van der Waals surface area contributed by atoms with Crippen molar-refractivity contribution in [2.45, 2.75) is 341 Å². The summed E-state index contributed by atoms with van der Waals surface area (Å²) in [5.74, 6) is -0.864. The Bertz CT molecular complexity index is 1170. The average molecular weight is 984 g/mol. The molecule has 0 aliphatic heterocycles. The van der Waals surface area contributed by atoms with Gasteiger partial charge in [-0.2, -0.15) is 0 Å². The van der Waals surface area contributed by atoms with Gasteiger partial charge in [-0.1, -0.05) is 276 Å². The lowest BCUT2D eigenvalue weighted by Gasteiger charge is -2.18. The van der Waals surface area contributed by atoms with E-state index in [1.54, 1.807) is 0 Å². The Kier molecular flexibility index (Phi) is 57.2. The molecule has 0 aromatic rings. The Morgan fingerprint density at radius 1 is 0.286 bits per heavy atom. The standard InChI is InChI=1S/C64H118O6/c1-4-7-10-13-16-18-20-22-24-26-28-29-30-31-32-33-34-35-37-38-40-42-44-46-48-51-54-57-63(66)69-60-61(59-68-62(65)56-53-50-15-12-9-6-3)70-64(67)58-55-52-49-47-45-43-41-39-36-27-25-23-21-19-17-14-11-8-5-2/h20,22-23,25-26,28,61H,4-19,21,24,27,29-60H2,1-3H3/b22-20-,25-23-,28-26-. The second kappa shape index (κ2) is 59.2. The molecule has 0 rings (SSSR count). The van der Waals surface area contributed by atoms with E-state index >= 15 is 0 Å². The molecule has 0 saturated heterocycles. The number of allylic oxidation sites excluding steroid dienone is 6. The van der Waals surface area contributed by atoms with E-state index in [1.165, 1.54) is 231 Å². The molecule has 0 radical (unpaired) electrons. The van der Waals surface area contributed by atoms with E-state index in [4.69, 9.17) is 14.2 Å². The smallest absolute Gasteiger partial charge is 0.306 e. The summed E-state index contributed by atoms with van der Waals surface area (Å²) in [7, 11) is 0. The number of carbonyl (C=O) groups is 3. The zero-order valence-electron chi connectivity index (χ0n) is 47.1. The Morgan fingerprint density at radius 3 is 0.800 bits per heavy atom. The lowest BCUT2D eigenvalue weighted by molar-refractivity contribution is -0.167. The second-order valence-corrected chi connectivity index (χ2v) is 21.0. The molecule has 410 valence electrons. The van der Waals surface area contributed by atoms with Crippen LogP contribution in [0.5, 0.6) is 0 Å². The molecule has 0 spiro atoms. The van der Waals surface area contributed by atoms with E-state index in [1.807, 2.05) is 0 Å². The van der Waals surface area contributed by atoms with Crippen LogP contribution in [0, 0.1) is 0 Å². The average Bonchev–Trinajstić information content (AvgIpc) is 3.36. The summed E-state index contributed by atoms with van der Waals surface area (Å²) in [6.07, 6.45) is 71.8. The fraction of sp³-hybridized carbons (Fsp3) is 0.859. The molecule has 0 saturated carbocycles. The van der Waals surface area contributed by atoms with Crippen LogP contribution in [0.15, 0.2) is 36.5 Å². The highest BCUT2D eigenvalue weighted by atomic mass is 16.6. The van der Waals surface area contributed by atoms with Crippen molar-refractivity contribution in [1.29, 1.82) is 0 Å². The third-order valence-electron chi connectivity index (χ3n) is 13.9. The molecule has 1 atom stereocenters. The minimum absolute atomic E-state index is 0.0695. The quantitative estimate of drug-likeness (QED) is 0.0261. The summed E-state index contributed by atoms with van der Waals surface area (Å²) in [5, 5.41) is 0. The molecule has 70 heavy (non-hydrogen) atoms. The molecule has 0 aliphatic rings. The summed E-state index contributed by atoms with van der Waals surface area (Å²) >= 11 is 0. The lowest BCUT2D eigenvalue weighted by atomic mass is 10.0. The van der Waals surface area contributed by atoms with Crippen LogP contribution in [0.4, 0.5) is 0 Å². The minimum atomic E-state index is -0.768. The van der Waals surface area contributed by atoms with Crippen molar-refractivity contribution in [2.24, 2.45) is 0 Å². The molecule has 0 aromatic carbocycles.